The molecule has 7 heteroatoms. The van der Waals surface area contributed by atoms with Crippen LogP contribution in [0.1, 0.15) is 43.1 Å². The Morgan fingerprint density at radius 1 is 1.15 bits per heavy atom. The molecule has 1 saturated heterocycles. The third-order valence-corrected chi connectivity index (χ3v) is 5.07. The van der Waals surface area contributed by atoms with Gasteiger partial charge in [0.05, 0.1) is 18.3 Å². The quantitative estimate of drug-likeness (QED) is 0.845. The van der Waals surface area contributed by atoms with Gasteiger partial charge in [-0.25, -0.2) is 4.68 Å². The first kappa shape index (κ1) is 19.1. The lowest BCUT2D eigenvalue weighted by atomic mass is 10.0. The minimum absolute atomic E-state index is 0.0153. The minimum atomic E-state index is -0.452. The second-order valence-corrected chi connectivity index (χ2v) is 7.31. The number of benzene rings is 1. The van der Waals surface area contributed by atoms with E-state index < -0.39 is 6.04 Å². The third-order valence-electron chi connectivity index (χ3n) is 5.07. The minimum Gasteiger partial charge on any atom is -0.341 e. The molecule has 3 rings (SSSR count). The smallest absolute Gasteiger partial charge is 0.256 e. The van der Waals surface area contributed by atoms with Crippen molar-refractivity contribution in [1.29, 1.82) is 0 Å². The summed E-state index contributed by atoms with van der Waals surface area (Å²) in [6, 6.07) is 10.6. The van der Waals surface area contributed by atoms with Crippen LogP contribution in [0.3, 0.4) is 0 Å². The Hall–Kier alpha value is -2.67. The van der Waals surface area contributed by atoms with Crippen molar-refractivity contribution in [2.45, 2.75) is 38.8 Å². The van der Waals surface area contributed by atoms with E-state index in [2.05, 4.69) is 10.4 Å². The van der Waals surface area contributed by atoms with E-state index in [-0.39, 0.29) is 23.8 Å². The number of hydrogen-bond donors (Lipinski definition) is 2. The molecule has 3 N–H and O–H groups in total. The summed E-state index contributed by atoms with van der Waals surface area (Å²) in [7, 11) is 0. The van der Waals surface area contributed by atoms with Crippen LogP contribution in [0.2, 0.25) is 0 Å². The van der Waals surface area contributed by atoms with E-state index in [9.17, 15) is 9.59 Å². The Balaban J connectivity index is 1.62. The zero-order valence-electron chi connectivity index (χ0n) is 15.8. The number of carbonyl (C=O) groups excluding carboxylic acids is 2. The summed E-state index contributed by atoms with van der Waals surface area (Å²) in [5.74, 6) is 0.656. The molecule has 1 aromatic carbocycles. The molecule has 144 valence electrons. The van der Waals surface area contributed by atoms with Crippen LogP contribution in [-0.4, -0.2) is 45.6 Å². The van der Waals surface area contributed by atoms with Gasteiger partial charge in [0.25, 0.3) is 5.91 Å². The molecule has 1 aromatic heterocycles. The molecule has 7 nitrogen and oxygen atoms in total. The lowest BCUT2D eigenvalue weighted by Gasteiger charge is -2.34. The highest BCUT2D eigenvalue weighted by Gasteiger charge is 2.29. The van der Waals surface area contributed by atoms with Gasteiger partial charge < -0.3 is 16.0 Å². The van der Waals surface area contributed by atoms with Crippen LogP contribution in [0.5, 0.6) is 0 Å². The van der Waals surface area contributed by atoms with Gasteiger partial charge in [0, 0.05) is 24.7 Å². The number of nitrogens with two attached hydrogens (primary N) is 1. The lowest BCUT2D eigenvalue weighted by molar-refractivity contribution is -0.134. The van der Waals surface area contributed by atoms with Gasteiger partial charge in [0.1, 0.15) is 5.82 Å². The molecule has 1 fully saturated rings. The molecule has 0 radical (unpaired) electrons. The molecule has 0 saturated carbocycles. The number of nitrogens with zero attached hydrogens (tertiary/aromatic N) is 3. The topological polar surface area (TPSA) is 93.2 Å². The SMILES string of the molecule is CC(C)[C@@H](N)C(=O)N1CCC(n2nccc2NC(=O)c2ccccc2)CC1. The molecule has 1 atom stereocenters. The van der Waals surface area contributed by atoms with E-state index in [1.54, 1.807) is 24.4 Å². The van der Waals surface area contributed by atoms with E-state index in [0.29, 0.717) is 24.5 Å². The van der Waals surface area contributed by atoms with E-state index >= 15 is 0 Å². The lowest BCUT2D eigenvalue weighted by Crippen LogP contribution is -2.49. The van der Waals surface area contributed by atoms with Gasteiger partial charge >= 0.3 is 0 Å². The summed E-state index contributed by atoms with van der Waals surface area (Å²) in [4.78, 5) is 26.7. The zero-order valence-corrected chi connectivity index (χ0v) is 15.8. The van der Waals surface area contributed by atoms with E-state index in [0.717, 1.165) is 12.8 Å². The van der Waals surface area contributed by atoms with E-state index in [1.807, 2.05) is 41.6 Å². The van der Waals surface area contributed by atoms with Crippen LogP contribution in [0, 0.1) is 5.92 Å². The van der Waals surface area contributed by atoms with Crippen molar-refractivity contribution >= 4 is 17.6 Å². The molecular formula is C20H27N5O2. The molecular weight excluding hydrogens is 342 g/mol. The maximum Gasteiger partial charge on any atom is 0.256 e. The number of rotatable bonds is 5. The number of anilines is 1. The molecule has 27 heavy (non-hydrogen) atoms. The van der Waals surface area contributed by atoms with Crippen LogP contribution >= 0.6 is 0 Å². The average molecular weight is 369 g/mol. The Kier molecular flexibility index (Phi) is 5.91. The molecule has 2 aromatic rings. The largest absolute Gasteiger partial charge is 0.341 e. The van der Waals surface area contributed by atoms with Gasteiger partial charge in [-0.15, -0.1) is 0 Å². The number of amides is 2. The Morgan fingerprint density at radius 2 is 1.81 bits per heavy atom. The Labute approximate surface area is 159 Å². The summed E-state index contributed by atoms with van der Waals surface area (Å²) < 4.78 is 1.85. The average Bonchev–Trinajstić information content (AvgIpc) is 3.15. The summed E-state index contributed by atoms with van der Waals surface area (Å²) >= 11 is 0. The second kappa shape index (κ2) is 8.35. The number of hydrogen-bond acceptors (Lipinski definition) is 4. The number of likely N-dealkylation sites (tertiary alicyclic amines) is 1. The fourth-order valence-electron chi connectivity index (χ4n) is 3.31. The molecule has 1 aliphatic rings. The van der Waals surface area contributed by atoms with Crippen LogP contribution < -0.4 is 11.1 Å². The van der Waals surface area contributed by atoms with Crippen LogP contribution in [0.15, 0.2) is 42.6 Å². The monoisotopic (exact) mass is 369 g/mol. The third kappa shape index (κ3) is 4.36. The first-order valence-electron chi connectivity index (χ1n) is 9.41. The summed E-state index contributed by atoms with van der Waals surface area (Å²) in [5.41, 5.74) is 6.60. The van der Waals surface area contributed by atoms with Gasteiger partial charge in [-0.1, -0.05) is 32.0 Å². The van der Waals surface area contributed by atoms with Gasteiger partial charge in [-0.05, 0) is 30.9 Å². The second-order valence-electron chi connectivity index (χ2n) is 7.31. The highest BCUT2D eigenvalue weighted by molar-refractivity contribution is 6.03. The number of aromatic nitrogens is 2. The van der Waals surface area contributed by atoms with E-state index in [1.165, 1.54) is 0 Å². The summed E-state index contributed by atoms with van der Waals surface area (Å²) in [6.07, 6.45) is 3.26. The molecule has 0 spiro atoms. The van der Waals surface area contributed by atoms with Gasteiger partial charge in [-0.3, -0.25) is 9.59 Å². The number of nitrogens with one attached hydrogen (secondary N) is 1. The van der Waals surface area contributed by atoms with Crippen molar-refractivity contribution in [2.75, 3.05) is 18.4 Å². The fourth-order valence-corrected chi connectivity index (χ4v) is 3.31. The van der Waals surface area contributed by atoms with Crippen molar-refractivity contribution in [1.82, 2.24) is 14.7 Å². The van der Waals surface area contributed by atoms with Crippen LogP contribution in [0.25, 0.3) is 0 Å². The Morgan fingerprint density at radius 3 is 2.44 bits per heavy atom. The predicted molar refractivity (Wildman–Crippen MR) is 104 cm³/mol. The highest BCUT2D eigenvalue weighted by Crippen LogP contribution is 2.26. The molecule has 2 amide bonds. The van der Waals surface area contributed by atoms with Crippen LogP contribution in [-0.2, 0) is 4.79 Å². The van der Waals surface area contributed by atoms with Gasteiger partial charge in [0.15, 0.2) is 0 Å². The van der Waals surface area contributed by atoms with Crippen molar-refractivity contribution in [3.8, 4) is 0 Å². The van der Waals surface area contributed by atoms with Crippen molar-refractivity contribution < 1.29 is 9.59 Å². The zero-order chi connectivity index (χ0) is 19.4. The molecule has 0 bridgehead atoms. The molecule has 2 heterocycles. The standard InChI is InChI=1S/C20H27N5O2/c1-14(2)18(21)20(27)24-12-9-16(10-13-24)25-17(8-11-22-25)23-19(26)15-6-4-3-5-7-15/h3-8,11,14,16,18H,9-10,12-13,21H2,1-2H3,(H,23,26)/t18-/m1/s1. The number of carbonyl (C=O) groups is 2. The number of piperidine rings is 1. The van der Waals surface area contributed by atoms with Crippen molar-refractivity contribution in [3.05, 3.63) is 48.2 Å². The maximum atomic E-state index is 12.4. The summed E-state index contributed by atoms with van der Waals surface area (Å²) in [5, 5.41) is 7.33. The van der Waals surface area contributed by atoms with E-state index in [4.69, 9.17) is 5.73 Å². The predicted octanol–water partition coefficient (Wildman–Crippen LogP) is 2.28. The van der Waals surface area contributed by atoms with Crippen LogP contribution in [0.4, 0.5) is 5.82 Å². The summed E-state index contributed by atoms with van der Waals surface area (Å²) in [6.45, 7) is 5.22. The normalized spacial score (nSPS) is 16.4. The Bertz CT molecular complexity index is 779. The highest BCUT2D eigenvalue weighted by atomic mass is 16.2. The van der Waals surface area contributed by atoms with Gasteiger partial charge in [-0.2, -0.15) is 5.10 Å². The first-order chi connectivity index (χ1) is 13.0. The first-order valence-corrected chi connectivity index (χ1v) is 9.41. The molecule has 1 aliphatic heterocycles. The molecule has 0 aliphatic carbocycles. The van der Waals surface area contributed by atoms with Gasteiger partial charge in [0.2, 0.25) is 5.91 Å². The van der Waals surface area contributed by atoms with Crippen molar-refractivity contribution in [2.24, 2.45) is 11.7 Å². The fraction of sp³-hybridized carbons (Fsp3) is 0.450. The molecule has 0 unspecified atom stereocenters. The van der Waals surface area contributed by atoms with Crippen molar-refractivity contribution in [3.63, 3.8) is 0 Å². The maximum absolute atomic E-state index is 12.4.